The van der Waals surface area contributed by atoms with E-state index < -0.39 is 42.3 Å². The Bertz CT molecular complexity index is 1750. The van der Waals surface area contributed by atoms with Gasteiger partial charge in [0.2, 0.25) is 11.9 Å². The van der Waals surface area contributed by atoms with E-state index in [1.807, 2.05) is 42.5 Å². The highest BCUT2D eigenvalue weighted by Crippen LogP contribution is 2.37. The number of carbonyl (C=O) groups is 2. The second kappa shape index (κ2) is 14.3. The summed E-state index contributed by atoms with van der Waals surface area (Å²) in [6, 6.07) is 12.0. The number of halogens is 3. The third-order valence-corrected chi connectivity index (χ3v) is 9.03. The maximum absolute atomic E-state index is 13.3. The van der Waals surface area contributed by atoms with E-state index in [4.69, 9.17) is 14.7 Å². The molecular weight excluding hydrogens is 629 g/mol. The van der Waals surface area contributed by atoms with Crippen LogP contribution in [-0.2, 0) is 20.9 Å². The number of nitrogens with one attached hydrogen (secondary N) is 3. The van der Waals surface area contributed by atoms with Crippen LogP contribution < -0.4 is 16.0 Å². The second-order valence-corrected chi connectivity index (χ2v) is 12.2. The Hall–Kier alpha value is -4.50. The second-order valence-electron chi connectivity index (χ2n) is 12.2. The standard InChI is InChI=1S/C33H39F3N8O4/c1-2-25(45)40-23-17-24(28(27(23)46)48-31(47)33(34,35)36)44-19-39-26-29(38-18-21-11-8-10-20-9-4-5-12-22(20)21)41-32(42-30(26)44)37-13-16-43-14-6-3-7-15-43/h4-5,8-12,19,23-24,27-28,46H,2-3,6-7,13-18H2,1H3,(H,40,45)(H2,37,38,41,42)/t23-,24+,27+,28-/m0/s1. The monoisotopic (exact) mass is 668 g/mol. The van der Waals surface area contributed by atoms with Gasteiger partial charge in [0.1, 0.15) is 6.10 Å². The van der Waals surface area contributed by atoms with Crippen LogP contribution in [0.25, 0.3) is 21.9 Å². The quantitative estimate of drug-likeness (QED) is 0.172. The Kier molecular flexibility index (Phi) is 9.96. The molecule has 2 fully saturated rings. The first kappa shape index (κ1) is 33.4. The molecule has 6 rings (SSSR count). The third kappa shape index (κ3) is 7.31. The number of benzene rings is 2. The van der Waals surface area contributed by atoms with Gasteiger partial charge in [0, 0.05) is 26.1 Å². The molecule has 256 valence electrons. The van der Waals surface area contributed by atoms with Crippen molar-refractivity contribution in [1.29, 1.82) is 0 Å². The number of anilines is 2. The molecule has 15 heteroatoms. The number of imidazole rings is 1. The van der Waals surface area contributed by atoms with Gasteiger partial charge in [-0.3, -0.25) is 4.79 Å². The van der Waals surface area contributed by atoms with Crippen molar-refractivity contribution in [3.8, 4) is 0 Å². The average Bonchev–Trinajstić information content (AvgIpc) is 3.64. The van der Waals surface area contributed by atoms with Crippen molar-refractivity contribution in [1.82, 2.24) is 29.7 Å². The minimum Gasteiger partial charge on any atom is -0.451 e. The first-order chi connectivity index (χ1) is 23.1. The molecule has 12 nitrogen and oxygen atoms in total. The number of esters is 1. The number of aliphatic hydroxyl groups is 1. The summed E-state index contributed by atoms with van der Waals surface area (Å²) in [5.74, 6) is -2.17. The Balaban J connectivity index is 1.34. The zero-order chi connectivity index (χ0) is 33.8. The summed E-state index contributed by atoms with van der Waals surface area (Å²) in [6.07, 6.45) is -3.56. The molecule has 4 atom stereocenters. The fourth-order valence-corrected chi connectivity index (χ4v) is 6.55. The molecule has 3 heterocycles. The van der Waals surface area contributed by atoms with Crippen molar-refractivity contribution < 1.29 is 32.6 Å². The largest absolute Gasteiger partial charge is 0.490 e. The summed E-state index contributed by atoms with van der Waals surface area (Å²) < 4.78 is 46.3. The summed E-state index contributed by atoms with van der Waals surface area (Å²) in [7, 11) is 0. The fraction of sp³-hybridized carbons (Fsp3) is 0.485. The van der Waals surface area contributed by atoms with Crippen LogP contribution >= 0.6 is 0 Å². The molecule has 1 amide bonds. The van der Waals surface area contributed by atoms with E-state index in [9.17, 15) is 27.9 Å². The Labute approximate surface area is 275 Å². The van der Waals surface area contributed by atoms with E-state index in [2.05, 4.69) is 25.8 Å². The van der Waals surface area contributed by atoms with Crippen molar-refractivity contribution in [2.75, 3.05) is 36.8 Å². The Morgan fingerprint density at radius 3 is 2.58 bits per heavy atom. The van der Waals surface area contributed by atoms with Crippen molar-refractivity contribution in [2.24, 2.45) is 0 Å². The van der Waals surface area contributed by atoms with Crippen LogP contribution in [0.2, 0.25) is 0 Å². The highest BCUT2D eigenvalue weighted by atomic mass is 19.4. The first-order valence-electron chi connectivity index (χ1n) is 16.3. The average molecular weight is 669 g/mol. The number of likely N-dealkylation sites (tertiary alicyclic amines) is 1. The molecule has 4 N–H and O–H groups in total. The van der Waals surface area contributed by atoms with Gasteiger partial charge in [-0.25, -0.2) is 9.78 Å². The summed E-state index contributed by atoms with van der Waals surface area (Å²) in [5, 5.41) is 22.5. The zero-order valence-electron chi connectivity index (χ0n) is 26.5. The zero-order valence-corrected chi connectivity index (χ0v) is 26.5. The topological polar surface area (TPSA) is 147 Å². The SMILES string of the molecule is CCC(=O)N[C@H]1C[C@@H](n2cnc3c(NCc4cccc5ccccc45)nc(NCCN4CCCCC4)nc32)[C@H](OC(=O)C(F)(F)F)[C@@H]1O. The maximum atomic E-state index is 13.3. The highest BCUT2D eigenvalue weighted by Gasteiger charge is 2.51. The predicted molar refractivity (Wildman–Crippen MR) is 173 cm³/mol. The van der Waals surface area contributed by atoms with Crippen molar-refractivity contribution >= 4 is 45.6 Å². The lowest BCUT2D eigenvalue weighted by atomic mass is 10.0. The Morgan fingerprint density at radius 1 is 1.04 bits per heavy atom. The van der Waals surface area contributed by atoms with Crippen LogP contribution in [0.5, 0.6) is 0 Å². The third-order valence-electron chi connectivity index (χ3n) is 9.03. The first-order valence-corrected chi connectivity index (χ1v) is 16.3. The minimum absolute atomic E-state index is 0.0331. The number of amides is 1. The van der Waals surface area contributed by atoms with Crippen LogP contribution in [0.3, 0.4) is 0 Å². The molecule has 0 radical (unpaired) electrons. The van der Waals surface area contributed by atoms with Crippen LogP contribution in [0.1, 0.15) is 50.6 Å². The molecule has 2 aliphatic rings. The molecule has 1 saturated carbocycles. The predicted octanol–water partition coefficient (Wildman–Crippen LogP) is 4.16. The van der Waals surface area contributed by atoms with E-state index in [1.54, 1.807) is 6.92 Å². The van der Waals surface area contributed by atoms with Gasteiger partial charge >= 0.3 is 12.1 Å². The normalized spacial score (nSPS) is 21.8. The number of nitrogens with zero attached hydrogens (tertiary/aromatic N) is 5. The number of carbonyl (C=O) groups excluding carboxylic acids is 2. The molecule has 1 aliphatic carbocycles. The van der Waals surface area contributed by atoms with E-state index in [0.29, 0.717) is 24.4 Å². The number of rotatable bonds is 11. The van der Waals surface area contributed by atoms with Gasteiger partial charge in [-0.1, -0.05) is 55.8 Å². The van der Waals surface area contributed by atoms with Crippen LogP contribution in [0.4, 0.5) is 24.9 Å². The summed E-state index contributed by atoms with van der Waals surface area (Å²) in [4.78, 5) is 40.5. The number of ether oxygens (including phenoxy) is 1. The lowest BCUT2D eigenvalue weighted by Crippen LogP contribution is -2.45. The number of hydrogen-bond acceptors (Lipinski definition) is 10. The molecular formula is C33H39F3N8O4. The van der Waals surface area contributed by atoms with Crippen LogP contribution in [-0.4, -0.2) is 92.0 Å². The van der Waals surface area contributed by atoms with Gasteiger partial charge in [0.25, 0.3) is 0 Å². The number of piperidine rings is 1. The van der Waals surface area contributed by atoms with E-state index >= 15 is 0 Å². The lowest BCUT2D eigenvalue weighted by molar-refractivity contribution is -0.209. The summed E-state index contributed by atoms with van der Waals surface area (Å²) in [6.45, 7) is 5.38. The molecule has 1 aliphatic heterocycles. The fourth-order valence-electron chi connectivity index (χ4n) is 6.55. The van der Waals surface area contributed by atoms with Crippen LogP contribution in [0.15, 0.2) is 48.8 Å². The number of aliphatic hydroxyl groups excluding tert-OH is 1. The van der Waals surface area contributed by atoms with E-state index in [0.717, 1.165) is 48.8 Å². The minimum atomic E-state index is -5.28. The molecule has 4 aromatic rings. The van der Waals surface area contributed by atoms with E-state index in [-0.39, 0.29) is 24.4 Å². The van der Waals surface area contributed by atoms with Crippen molar-refractivity contribution in [3.05, 3.63) is 54.4 Å². The van der Waals surface area contributed by atoms with Crippen LogP contribution in [0, 0.1) is 0 Å². The summed E-state index contributed by atoms with van der Waals surface area (Å²) in [5.41, 5.74) is 1.62. The number of hydrogen-bond donors (Lipinski definition) is 4. The van der Waals surface area contributed by atoms with E-state index in [1.165, 1.54) is 17.3 Å². The number of aromatic nitrogens is 4. The van der Waals surface area contributed by atoms with Gasteiger partial charge in [-0.05, 0) is 48.7 Å². The van der Waals surface area contributed by atoms with Gasteiger partial charge in [-0.2, -0.15) is 23.1 Å². The van der Waals surface area contributed by atoms with Crippen molar-refractivity contribution in [3.63, 3.8) is 0 Å². The van der Waals surface area contributed by atoms with Gasteiger partial charge in [-0.15, -0.1) is 0 Å². The van der Waals surface area contributed by atoms with Gasteiger partial charge in [0.15, 0.2) is 23.1 Å². The molecule has 48 heavy (non-hydrogen) atoms. The number of fused-ring (bicyclic) bond motifs is 2. The summed E-state index contributed by atoms with van der Waals surface area (Å²) >= 11 is 0. The highest BCUT2D eigenvalue weighted by molar-refractivity contribution is 5.87. The van der Waals surface area contributed by atoms with Crippen molar-refractivity contribution in [2.45, 2.75) is 76.0 Å². The molecule has 0 spiro atoms. The van der Waals surface area contributed by atoms with Gasteiger partial charge < -0.3 is 35.3 Å². The molecule has 2 aromatic heterocycles. The number of alkyl halides is 3. The van der Waals surface area contributed by atoms with Gasteiger partial charge in [0.05, 0.1) is 18.4 Å². The molecule has 1 saturated heterocycles. The lowest BCUT2D eigenvalue weighted by Gasteiger charge is -2.26. The molecule has 2 aromatic carbocycles. The maximum Gasteiger partial charge on any atom is 0.490 e. The molecule has 0 bridgehead atoms. The molecule has 0 unspecified atom stereocenters. The smallest absolute Gasteiger partial charge is 0.451 e. The Morgan fingerprint density at radius 2 is 1.81 bits per heavy atom.